The molecule has 2 heterocycles. The summed E-state index contributed by atoms with van der Waals surface area (Å²) in [5, 5.41) is 9.97. The summed E-state index contributed by atoms with van der Waals surface area (Å²) < 4.78 is 13.5. The van der Waals surface area contributed by atoms with E-state index in [1.54, 1.807) is 48.4 Å². The molecule has 3 aromatic carbocycles. The number of amides is 2. The lowest BCUT2D eigenvalue weighted by atomic mass is 10.1. The topological polar surface area (TPSA) is 78.1 Å². The van der Waals surface area contributed by atoms with Crippen LogP contribution in [0.15, 0.2) is 72.9 Å². The van der Waals surface area contributed by atoms with Crippen molar-refractivity contribution in [1.82, 2.24) is 10.2 Å². The lowest BCUT2D eigenvalue weighted by molar-refractivity contribution is 0.0986. The van der Waals surface area contributed by atoms with Gasteiger partial charge in [-0.2, -0.15) is 5.10 Å². The SMILES string of the molecule is Cc1ccc(F)cc1C(=O)Nc1ccc(C(=O)N2CCc3cn[nH]c3-c3ccccc32)cc1. The van der Waals surface area contributed by atoms with Crippen molar-refractivity contribution < 1.29 is 14.0 Å². The van der Waals surface area contributed by atoms with Gasteiger partial charge in [0, 0.05) is 28.9 Å². The molecule has 0 aliphatic carbocycles. The second-order valence-corrected chi connectivity index (χ2v) is 7.98. The summed E-state index contributed by atoms with van der Waals surface area (Å²) in [6, 6.07) is 18.6. The predicted octanol–water partition coefficient (Wildman–Crippen LogP) is 4.98. The van der Waals surface area contributed by atoms with Gasteiger partial charge in [-0.05, 0) is 66.9 Å². The molecular formula is C26H21FN4O2. The van der Waals surface area contributed by atoms with Crippen LogP contribution in [0.3, 0.4) is 0 Å². The van der Waals surface area contributed by atoms with Crippen LogP contribution in [0.25, 0.3) is 11.3 Å². The van der Waals surface area contributed by atoms with Crippen LogP contribution >= 0.6 is 0 Å². The van der Waals surface area contributed by atoms with Crippen LogP contribution in [0, 0.1) is 12.7 Å². The summed E-state index contributed by atoms with van der Waals surface area (Å²) in [6.45, 7) is 2.28. The van der Waals surface area contributed by atoms with Crippen LogP contribution in [0.1, 0.15) is 31.8 Å². The minimum absolute atomic E-state index is 0.126. The maximum Gasteiger partial charge on any atom is 0.258 e. The van der Waals surface area contributed by atoms with Gasteiger partial charge in [0.05, 0.1) is 17.6 Å². The molecule has 0 fully saturated rings. The molecule has 0 saturated heterocycles. The van der Waals surface area contributed by atoms with Crippen molar-refractivity contribution in [3.63, 3.8) is 0 Å². The Bertz CT molecular complexity index is 1360. The van der Waals surface area contributed by atoms with Crippen molar-refractivity contribution in [2.75, 3.05) is 16.8 Å². The van der Waals surface area contributed by atoms with Gasteiger partial charge < -0.3 is 10.2 Å². The van der Waals surface area contributed by atoms with Crippen molar-refractivity contribution in [2.24, 2.45) is 0 Å². The van der Waals surface area contributed by atoms with Gasteiger partial charge in [-0.25, -0.2) is 4.39 Å². The molecule has 164 valence electrons. The minimum Gasteiger partial charge on any atom is -0.322 e. The van der Waals surface area contributed by atoms with E-state index in [9.17, 15) is 14.0 Å². The average molecular weight is 440 g/mol. The Morgan fingerprint density at radius 2 is 1.85 bits per heavy atom. The van der Waals surface area contributed by atoms with E-state index in [4.69, 9.17) is 0 Å². The van der Waals surface area contributed by atoms with Crippen molar-refractivity contribution in [3.05, 3.63) is 101 Å². The number of carbonyl (C=O) groups excluding carboxylic acids is 2. The van der Waals surface area contributed by atoms with Crippen molar-refractivity contribution in [2.45, 2.75) is 13.3 Å². The second kappa shape index (κ2) is 8.35. The van der Waals surface area contributed by atoms with Gasteiger partial charge in [0.1, 0.15) is 5.82 Å². The zero-order valence-electron chi connectivity index (χ0n) is 17.9. The summed E-state index contributed by atoms with van der Waals surface area (Å²) in [4.78, 5) is 27.7. The lowest BCUT2D eigenvalue weighted by Gasteiger charge is -2.23. The highest BCUT2D eigenvalue weighted by molar-refractivity contribution is 6.09. The number of anilines is 2. The number of carbonyl (C=O) groups is 2. The van der Waals surface area contributed by atoms with E-state index in [2.05, 4.69) is 15.5 Å². The van der Waals surface area contributed by atoms with E-state index in [1.165, 1.54) is 12.1 Å². The Morgan fingerprint density at radius 1 is 1.06 bits per heavy atom. The first-order valence-electron chi connectivity index (χ1n) is 10.6. The van der Waals surface area contributed by atoms with Gasteiger partial charge in [-0.15, -0.1) is 0 Å². The number of aromatic amines is 1. The second-order valence-electron chi connectivity index (χ2n) is 7.98. The van der Waals surface area contributed by atoms with Crippen LogP contribution in [0.2, 0.25) is 0 Å². The molecule has 1 aliphatic heterocycles. The van der Waals surface area contributed by atoms with E-state index in [-0.39, 0.29) is 11.5 Å². The quantitative estimate of drug-likeness (QED) is 0.472. The first-order chi connectivity index (χ1) is 16.0. The van der Waals surface area contributed by atoms with Crippen LogP contribution in [-0.2, 0) is 6.42 Å². The number of fused-ring (bicyclic) bond motifs is 3. The molecule has 1 aromatic heterocycles. The van der Waals surface area contributed by atoms with E-state index >= 15 is 0 Å². The summed E-state index contributed by atoms with van der Waals surface area (Å²) in [7, 11) is 0. The fourth-order valence-corrected chi connectivity index (χ4v) is 4.11. The summed E-state index contributed by atoms with van der Waals surface area (Å²) in [6.07, 6.45) is 2.49. The molecular weight excluding hydrogens is 419 g/mol. The largest absolute Gasteiger partial charge is 0.322 e. The third-order valence-corrected chi connectivity index (χ3v) is 5.87. The van der Waals surface area contributed by atoms with Gasteiger partial charge in [-0.3, -0.25) is 14.7 Å². The van der Waals surface area contributed by atoms with Gasteiger partial charge in [0.15, 0.2) is 0 Å². The molecule has 0 spiro atoms. The standard InChI is InChI=1S/C26H21FN4O2/c1-16-6-9-19(27)14-22(16)25(32)29-20-10-7-17(8-11-20)26(33)31-13-12-18-15-28-30-24(18)21-4-2-3-5-23(21)31/h2-11,14-15H,12-13H2,1H3,(H,28,30)(H,29,32). The summed E-state index contributed by atoms with van der Waals surface area (Å²) >= 11 is 0. The molecule has 0 radical (unpaired) electrons. The monoisotopic (exact) mass is 440 g/mol. The summed E-state index contributed by atoms with van der Waals surface area (Å²) in [5.74, 6) is -0.993. The van der Waals surface area contributed by atoms with E-state index in [1.807, 2.05) is 24.3 Å². The Kier molecular flexibility index (Phi) is 5.22. The maximum absolute atomic E-state index is 13.5. The number of nitrogens with zero attached hydrogens (tertiary/aromatic N) is 2. The zero-order chi connectivity index (χ0) is 22.9. The number of benzene rings is 3. The molecule has 5 rings (SSSR count). The fraction of sp³-hybridized carbons (Fsp3) is 0.115. The van der Waals surface area contributed by atoms with E-state index in [0.717, 1.165) is 22.5 Å². The predicted molar refractivity (Wildman–Crippen MR) is 125 cm³/mol. The average Bonchev–Trinajstić information content (AvgIpc) is 3.24. The first kappa shape index (κ1) is 20.6. The Morgan fingerprint density at radius 3 is 2.67 bits per heavy atom. The molecule has 2 amide bonds. The van der Waals surface area contributed by atoms with Crippen molar-refractivity contribution >= 4 is 23.2 Å². The molecule has 33 heavy (non-hydrogen) atoms. The number of aryl methyl sites for hydroxylation is 1. The normalized spacial score (nSPS) is 12.5. The van der Waals surface area contributed by atoms with Crippen molar-refractivity contribution in [1.29, 1.82) is 0 Å². The Labute approximate surface area is 190 Å². The third-order valence-electron chi connectivity index (χ3n) is 5.87. The molecule has 6 nitrogen and oxygen atoms in total. The van der Waals surface area contributed by atoms with Crippen LogP contribution in [-0.4, -0.2) is 28.6 Å². The van der Waals surface area contributed by atoms with Gasteiger partial charge in [-0.1, -0.05) is 24.3 Å². The van der Waals surface area contributed by atoms with Crippen LogP contribution < -0.4 is 10.2 Å². The molecule has 4 aromatic rings. The first-order valence-corrected chi connectivity index (χ1v) is 10.6. The molecule has 0 atom stereocenters. The molecule has 2 N–H and O–H groups in total. The number of halogens is 1. The highest BCUT2D eigenvalue weighted by Crippen LogP contribution is 2.35. The molecule has 0 saturated carbocycles. The number of H-pyrrole nitrogens is 1. The van der Waals surface area contributed by atoms with E-state index in [0.29, 0.717) is 29.8 Å². The molecule has 1 aliphatic rings. The minimum atomic E-state index is -0.466. The molecule has 0 unspecified atom stereocenters. The fourth-order valence-electron chi connectivity index (χ4n) is 4.11. The van der Waals surface area contributed by atoms with Gasteiger partial charge >= 0.3 is 0 Å². The molecule has 7 heteroatoms. The third kappa shape index (κ3) is 3.89. The Balaban J connectivity index is 1.37. The highest BCUT2D eigenvalue weighted by atomic mass is 19.1. The number of hydrogen-bond donors (Lipinski definition) is 2. The molecule has 0 bridgehead atoms. The number of hydrogen-bond acceptors (Lipinski definition) is 3. The van der Waals surface area contributed by atoms with Crippen LogP contribution in [0.4, 0.5) is 15.8 Å². The van der Waals surface area contributed by atoms with Crippen LogP contribution in [0.5, 0.6) is 0 Å². The smallest absolute Gasteiger partial charge is 0.258 e. The number of rotatable bonds is 3. The maximum atomic E-state index is 13.5. The van der Waals surface area contributed by atoms with Gasteiger partial charge in [0.25, 0.3) is 11.8 Å². The van der Waals surface area contributed by atoms with Gasteiger partial charge in [0.2, 0.25) is 0 Å². The van der Waals surface area contributed by atoms with E-state index < -0.39 is 11.7 Å². The number of para-hydroxylation sites is 1. The lowest BCUT2D eigenvalue weighted by Crippen LogP contribution is -2.32. The highest BCUT2D eigenvalue weighted by Gasteiger charge is 2.25. The Hall–Kier alpha value is -4.26. The number of nitrogens with one attached hydrogen (secondary N) is 2. The van der Waals surface area contributed by atoms with Crippen molar-refractivity contribution in [3.8, 4) is 11.3 Å². The summed E-state index contributed by atoms with van der Waals surface area (Å²) in [5.41, 5.74) is 5.75. The number of aromatic nitrogens is 2. The zero-order valence-corrected chi connectivity index (χ0v) is 17.9.